The molecule has 2 unspecified atom stereocenters. The van der Waals surface area contributed by atoms with Gasteiger partial charge in [0.15, 0.2) is 5.82 Å². The lowest BCUT2D eigenvalue weighted by Gasteiger charge is -2.17. The van der Waals surface area contributed by atoms with Crippen molar-refractivity contribution < 1.29 is 14.3 Å². The van der Waals surface area contributed by atoms with Crippen LogP contribution in [0.15, 0.2) is 18.5 Å². The molecule has 2 N–H and O–H groups in total. The number of anilines is 1. The van der Waals surface area contributed by atoms with E-state index in [4.69, 9.17) is 15.2 Å². The van der Waals surface area contributed by atoms with Crippen molar-refractivity contribution in [2.24, 2.45) is 5.92 Å². The monoisotopic (exact) mass is 358 g/mol. The summed E-state index contributed by atoms with van der Waals surface area (Å²) in [6.45, 7) is 0.340. The lowest BCUT2D eigenvalue weighted by molar-refractivity contribution is -0.153. The first kappa shape index (κ1) is 17.3. The molecule has 140 valence electrons. The van der Waals surface area contributed by atoms with Crippen molar-refractivity contribution in [1.29, 1.82) is 0 Å². The highest BCUT2D eigenvalue weighted by Gasteiger charge is 2.30. The number of carbonyl (C=O) groups excluding carboxylic acids is 1. The SMILES string of the molecule is Nc1ncnn2c(C3CCC(COC(=O)C4CCCCCC4)O3)ccc12. The van der Waals surface area contributed by atoms with Crippen LogP contribution in [-0.2, 0) is 14.3 Å². The van der Waals surface area contributed by atoms with Gasteiger partial charge < -0.3 is 15.2 Å². The molecule has 0 aromatic carbocycles. The van der Waals surface area contributed by atoms with Crippen LogP contribution in [0.25, 0.3) is 5.52 Å². The van der Waals surface area contributed by atoms with Gasteiger partial charge in [-0.3, -0.25) is 4.79 Å². The van der Waals surface area contributed by atoms with Gasteiger partial charge in [-0.1, -0.05) is 25.7 Å². The second kappa shape index (κ2) is 7.61. The van der Waals surface area contributed by atoms with Gasteiger partial charge in [0, 0.05) is 0 Å². The zero-order valence-corrected chi connectivity index (χ0v) is 15.0. The molecule has 1 aliphatic heterocycles. The molecule has 0 radical (unpaired) electrons. The van der Waals surface area contributed by atoms with Crippen molar-refractivity contribution in [2.45, 2.75) is 63.6 Å². The summed E-state index contributed by atoms with van der Waals surface area (Å²) in [5.41, 5.74) is 7.64. The van der Waals surface area contributed by atoms with E-state index in [0.29, 0.717) is 12.4 Å². The van der Waals surface area contributed by atoms with E-state index in [2.05, 4.69) is 10.1 Å². The molecule has 1 aliphatic carbocycles. The van der Waals surface area contributed by atoms with Crippen molar-refractivity contribution in [3.63, 3.8) is 0 Å². The maximum Gasteiger partial charge on any atom is 0.309 e. The first-order valence-corrected chi connectivity index (χ1v) is 9.62. The third-order valence-corrected chi connectivity index (χ3v) is 5.55. The molecule has 7 heteroatoms. The molecule has 1 saturated carbocycles. The van der Waals surface area contributed by atoms with Crippen molar-refractivity contribution in [1.82, 2.24) is 14.6 Å². The summed E-state index contributed by atoms with van der Waals surface area (Å²) >= 11 is 0. The summed E-state index contributed by atoms with van der Waals surface area (Å²) < 4.78 is 13.5. The van der Waals surface area contributed by atoms with Crippen LogP contribution in [0, 0.1) is 5.92 Å². The highest BCUT2D eigenvalue weighted by Crippen LogP contribution is 2.34. The highest BCUT2D eigenvalue weighted by atomic mass is 16.6. The average Bonchev–Trinajstić information content (AvgIpc) is 3.19. The standard InChI is InChI=1S/C19H26N4O3/c20-18-16-9-8-15(23(16)22-12-21-18)17-10-7-14(26-17)11-25-19(24)13-5-3-1-2-4-6-13/h8-9,12-14,17H,1-7,10-11H2,(H2,20,21,22). The lowest BCUT2D eigenvalue weighted by Crippen LogP contribution is -2.23. The predicted octanol–water partition coefficient (Wildman–Crippen LogP) is 3.05. The number of esters is 1. The smallest absolute Gasteiger partial charge is 0.309 e. The first-order chi connectivity index (χ1) is 12.7. The molecule has 2 atom stereocenters. The second-order valence-electron chi connectivity index (χ2n) is 7.34. The summed E-state index contributed by atoms with van der Waals surface area (Å²) in [5, 5.41) is 4.28. The third-order valence-electron chi connectivity index (χ3n) is 5.55. The van der Waals surface area contributed by atoms with Gasteiger partial charge in [0.25, 0.3) is 0 Å². The fourth-order valence-electron chi connectivity index (χ4n) is 4.07. The second-order valence-corrected chi connectivity index (χ2v) is 7.34. The van der Waals surface area contributed by atoms with Crippen LogP contribution < -0.4 is 5.73 Å². The largest absolute Gasteiger partial charge is 0.463 e. The topological polar surface area (TPSA) is 91.7 Å². The third kappa shape index (κ3) is 3.53. The van der Waals surface area contributed by atoms with E-state index in [1.807, 2.05) is 12.1 Å². The lowest BCUT2D eigenvalue weighted by atomic mass is 10.0. The van der Waals surface area contributed by atoms with Gasteiger partial charge in [0.2, 0.25) is 0 Å². The molecule has 2 aromatic heterocycles. The fraction of sp³-hybridized carbons (Fsp3) is 0.632. The van der Waals surface area contributed by atoms with E-state index in [1.54, 1.807) is 4.52 Å². The van der Waals surface area contributed by atoms with E-state index < -0.39 is 0 Å². The number of nitrogens with two attached hydrogens (primary N) is 1. The Labute approximate surface area is 152 Å². The summed E-state index contributed by atoms with van der Waals surface area (Å²) in [7, 11) is 0. The zero-order valence-electron chi connectivity index (χ0n) is 15.0. The Hall–Kier alpha value is -2.15. The molecule has 2 aromatic rings. The van der Waals surface area contributed by atoms with Crippen LogP contribution >= 0.6 is 0 Å². The van der Waals surface area contributed by atoms with E-state index in [-0.39, 0.29) is 24.1 Å². The number of nitrogen functional groups attached to an aromatic ring is 1. The summed E-state index contributed by atoms with van der Waals surface area (Å²) in [5.74, 6) is 0.481. The van der Waals surface area contributed by atoms with Gasteiger partial charge >= 0.3 is 5.97 Å². The van der Waals surface area contributed by atoms with Crippen LogP contribution in [0.4, 0.5) is 5.82 Å². The molecule has 0 amide bonds. The Morgan fingerprint density at radius 2 is 2.00 bits per heavy atom. The number of fused-ring (bicyclic) bond motifs is 1. The normalized spacial score (nSPS) is 24.6. The van der Waals surface area contributed by atoms with Crippen molar-refractivity contribution in [2.75, 3.05) is 12.3 Å². The number of hydrogen-bond acceptors (Lipinski definition) is 6. The van der Waals surface area contributed by atoms with Crippen LogP contribution in [0.3, 0.4) is 0 Å². The molecular weight excluding hydrogens is 332 g/mol. The average molecular weight is 358 g/mol. The molecule has 1 saturated heterocycles. The van der Waals surface area contributed by atoms with E-state index in [1.165, 1.54) is 19.2 Å². The Morgan fingerprint density at radius 3 is 2.81 bits per heavy atom. The minimum absolute atomic E-state index is 0.0485. The van der Waals surface area contributed by atoms with E-state index in [9.17, 15) is 4.79 Å². The van der Waals surface area contributed by atoms with Crippen LogP contribution in [0.5, 0.6) is 0 Å². The van der Waals surface area contributed by atoms with Gasteiger partial charge in [-0.15, -0.1) is 0 Å². The Kier molecular flexibility index (Phi) is 5.06. The molecule has 26 heavy (non-hydrogen) atoms. The zero-order chi connectivity index (χ0) is 17.9. The minimum Gasteiger partial charge on any atom is -0.463 e. The van der Waals surface area contributed by atoms with Gasteiger partial charge in [0.1, 0.15) is 24.6 Å². The summed E-state index contributed by atoms with van der Waals surface area (Å²) in [6, 6.07) is 3.89. The molecule has 7 nitrogen and oxygen atoms in total. The quantitative estimate of drug-likeness (QED) is 0.667. The van der Waals surface area contributed by atoms with Crippen molar-refractivity contribution in [3.05, 3.63) is 24.2 Å². The fourth-order valence-corrected chi connectivity index (χ4v) is 4.07. The van der Waals surface area contributed by atoms with Gasteiger partial charge in [-0.05, 0) is 37.8 Å². The number of hydrogen-bond donors (Lipinski definition) is 1. The minimum atomic E-state index is -0.0617. The molecule has 4 rings (SSSR count). The van der Waals surface area contributed by atoms with E-state index in [0.717, 1.165) is 49.7 Å². The molecule has 0 spiro atoms. The highest BCUT2D eigenvalue weighted by molar-refractivity contribution is 5.72. The van der Waals surface area contributed by atoms with Gasteiger partial charge in [0.05, 0.1) is 17.7 Å². The Bertz CT molecular complexity index is 767. The Morgan fingerprint density at radius 1 is 1.19 bits per heavy atom. The van der Waals surface area contributed by atoms with Crippen LogP contribution in [0.1, 0.15) is 63.2 Å². The maximum atomic E-state index is 12.3. The van der Waals surface area contributed by atoms with Gasteiger partial charge in [-0.2, -0.15) is 5.10 Å². The summed E-state index contributed by atoms with van der Waals surface area (Å²) in [4.78, 5) is 16.3. The number of rotatable bonds is 4. The van der Waals surface area contributed by atoms with Crippen LogP contribution in [-0.4, -0.2) is 33.3 Å². The number of ether oxygens (including phenoxy) is 2. The predicted molar refractivity (Wildman–Crippen MR) is 96.4 cm³/mol. The Balaban J connectivity index is 1.33. The number of nitrogens with zero attached hydrogens (tertiary/aromatic N) is 3. The van der Waals surface area contributed by atoms with Crippen molar-refractivity contribution >= 4 is 17.3 Å². The molecule has 3 heterocycles. The number of carbonyl (C=O) groups is 1. The molecule has 2 aliphatic rings. The van der Waals surface area contributed by atoms with E-state index >= 15 is 0 Å². The van der Waals surface area contributed by atoms with Crippen molar-refractivity contribution in [3.8, 4) is 0 Å². The number of aromatic nitrogens is 3. The molecular formula is C19H26N4O3. The molecule has 0 bridgehead atoms. The first-order valence-electron chi connectivity index (χ1n) is 9.62. The van der Waals surface area contributed by atoms with Crippen LogP contribution in [0.2, 0.25) is 0 Å². The van der Waals surface area contributed by atoms with Gasteiger partial charge in [-0.25, -0.2) is 9.50 Å². The maximum absolute atomic E-state index is 12.3. The summed E-state index contributed by atoms with van der Waals surface area (Å²) in [6.07, 6.45) is 9.74. The molecule has 2 fully saturated rings.